The molecule has 0 N–H and O–H groups in total. The molecule has 6 heteroatoms. The van der Waals surface area contributed by atoms with Crippen molar-refractivity contribution in [2.45, 2.75) is 44.1 Å². The monoisotopic (exact) mass is 318 g/mol. The summed E-state index contributed by atoms with van der Waals surface area (Å²) in [5.74, 6) is 0. The molecule has 0 aromatic heterocycles. The van der Waals surface area contributed by atoms with E-state index in [1.54, 1.807) is 0 Å². The summed E-state index contributed by atoms with van der Waals surface area (Å²) in [6, 6.07) is 0. The molecule has 0 saturated carbocycles. The molecule has 86 valence electrons. The van der Waals surface area contributed by atoms with Gasteiger partial charge in [0.15, 0.2) is 0 Å². The van der Waals surface area contributed by atoms with E-state index >= 15 is 0 Å². The van der Waals surface area contributed by atoms with Crippen LogP contribution in [-0.4, -0.2) is 11.4 Å². The van der Waals surface area contributed by atoms with Crippen LogP contribution in [0.15, 0.2) is 12.7 Å². The third-order valence-electron chi connectivity index (χ3n) is 0.884. The van der Waals surface area contributed by atoms with Gasteiger partial charge in [-0.2, -0.15) is 0 Å². The summed E-state index contributed by atoms with van der Waals surface area (Å²) in [7, 11) is 0. The fourth-order valence-electron chi connectivity index (χ4n) is 0.541. The average molecular weight is 320 g/mol. The zero-order valence-electron chi connectivity index (χ0n) is 9.93. The molecule has 1 unspecified atom stereocenters. The Balaban J connectivity index is 0. The van der Waals surface area contributed by atoms with Crippen LogP contribution < -0.4 is 4.89 Å². The molecule has 0 fully saturated rings. The van der Waals surface area contributed by atoms with Gasteiger partial charge in [-0.05, 0) is 13.8 Å². The molecule has 0 aliphatic carbocycles. The summed E-state index contributed by atoms with van der Waals surface area (Å²) in [4.78, 5) is 11.4. The van der Waals surface area contributed by atoms with Gasteiger partial charge in [-0.3, -0.25) is 0 Å². The molecule has 0 aliphatic rings. The van der Waals surface area contributed by atoms with E-state index in [2.05, 4.69) is 6.58 Å². The van der Waals surface area contributed by atoms with Crippen LogP contribution in [0.5, 0.6) is 0 Å². The maximum Gasteiger partial charge on any atom is 0.0566 e. The third-order valence-corrected chi connectivity index (χ3v) is 6.43. The second-order valence-electron chi connectivity index (χ2n) is 3.33. The normalized spacial score (nSPS) is 14.5. The molecule has 0 saturated heterocycles. The molecule has 0 aromatic carbocycles. The van der Waals surface area contributed by atoms with Crippen molar-refractivity contribution < 1.29 is 27.7 Å². The Hall–Kier alpha value is 1.28. The van der Waals surface area contributed by atoms with Crippen LogP contribution in [0.4, 0.5) is 0 Å². The molecular formula is C9H19O2PS2Zn. The van der Waals surface area contributed by atoms with Crippen molar-refractivity contribution >= 4 is 28.9 Å². The zero-order valence-corrected chi connectivity index (χ0v) is 15.4. The van der Waals surface area contributed by atoms with Crippen molar-refractivity contribution in [3.63, 3.8) is 0 Å². The van der Waals surface area contributed by atoms with Crippen molar-refractivity contribution in [3.05, 3.63) is 12.7 Å². The number of allylic oxidation sites excluding steroid dienone is 1. The topological polar surface area (TPSA) is 32.3 Å². The van der Waals surface area contributed by atoms with E-state index in [4.69, 9.17) is 16.3 Å². The summed E-state index contributed by atoms with van der Waals surface area (Å²) < 4.78 is 5.08. The van der Waals surface area contributed by atoms with Crippen molar-refractivity contribution in [1.82, 2.24) is 0 Å². The minimum absolute atomic E-state index is 0.0513. The van der Waals surface area contributed by atoms with Gasteiger partial charge in [-0.1, -0.05) is 25.7 Å². The van der Waals surface area contributed by atoms with Crippen molar-refractivity contribution in [3.8, 4) is 0 Å². The quantitative estimate of drug-likeness (QED) is 0.442. The third kappa shape index (κ3) is 17.9. The Labute approximate surface area is 113 Å². The number of hydrogen-bond acceptors (Lipinski definition) is 4. The molecule has 0 spiro atoms. The van der Waals surface area contributed by atoms with Crippen LogP contribution in [0.1, 0.15) is 27.7 Å². The Morgan fingerprint density at radius 2 is 1.93 bits per heavy atom. The van der Waals surface area contributed by atoms with Gasteiger partial charge >= 0.3 is 36.0 Å². The van der Waals surface area contributed by atoms with E-state index < -0.39 is 5.69 Å². The average Bonchev–Trinajstić information content (AvgIpc) is 1.99. The van der Waals surface area contributed by atoms with E-state index in [9.17, 15) is 4.89 Å². The predicted octanol–water partition coefficient (Wildman–Crippen LogP) is 3.28. The van der Waals surface area contributed by atoms with Crippen LogP contribution in [0, 0.1) is 0 Å². The van der Waals surface area contributed by atoms with Gasteiger partial charge in [0.1, 0.15) is 0 Å². The van der Waals surface area contributed by atoms with Gasteiger partial charge in [0.25, 0.3) is 0 Å². The molecule has 0 rings (SSSR count). The summed E-state index contributed by atoms with van der Waals surface area (Å²) >= 11 is 7.38. The van der Waals surface area contributed by atoms with Crippen LogP contribution in [-0.2, 0) is 34.6 Å². The first-order valence-electron chi connectivity index (χ1n) is 4.83. The van der Waals surface area contributed by atoms with Gasteiger partial charge in [-0.25, -0.2) is 0 Å². The van der Waals surface area contributed by atoms with Gasteiger partial charge in [0.2, 0.25) is 0 Å². The first-order valence-corrected chi connectivity index (χ1v) is 11.0. The first-order chi connectivity index (χ1) is 6.75. The standard InChI is InChI=1S/C6H15O2PS2.C3H5.Zn/c1-5(2)8-9(7,10)11-6(3)4;1-3-2;/h5-6H,1-4H3,(H,7,10);3H,1-2H2;/q;;+1/p-1. The minimum atomic E-state index is -2.80. The first kappa shape index (κ1) is 18.6. The van der Waals surface area contributed by atoms with Crippen molar-refractivity contribution in [2.24, 2.45) is 0 Å². The van der Waals surface area contributed by atoms with E-state index in [-0.39, 0.29) is 11.4 Å². The summed E-state index contributed by atoms with van der Waals surface area (Å²) in [6.45, 7) is 11.1. The molecule has 0 heterocycles. The number of hydrogen-bond donors (Lipinski definition) is 0. The van der Waals surface area contributed by atoms with Crippen molar-refractivity contribution in [2.75, 3.05) is 0 Å². The fourth-order valence-corrected chi connectivity index (χ4v) is 5.90. The van der Waals surface area contributed by atoms with E-state index in [1.165, 1.54) is 34.7 Å². The van der Waals surface area contributed by atoms with Gasteiger partial charge in [-0.15, -0.1) is 11.4 Å². The van der Waals surface area contributed by atoms with Gasteiger partial charge < -0.3 is 9.42 Å². The minimum Gasteiger partial charge on any atom is -0.793 e. The Kier molecular flexibility index (Phi) is 13.0. The zero-order chi connectivity index (χ0) is 12.5. The van der Waals surface area contributed by atoms with E-state index in [0.29, 0.717) is 0 Å². The second-order valence-corrected chi connectivity index (χ2v) is 11.0. The molecule has 0 radical (unpaired) electrons. The maximum atomic E-state index is 11.4. The molecule has 2 nitrogen and oxygen atoms in total. The van der Waals surface area contributed by atoms with Crippen molar-refractivity contribution in [1.29, 1.82) is 0 Å². The van der Waals surface area contributed by atoms with Crippen LogP contribution in [0.2, 0.25) is 5.02 Å². The van der Waals surface area contributed by atoms with E-state index in [1.807, 2.05) is 33.8 Å². The Morgan fingerprint density at radius 1 is 1.53 bits per heavy atom. The molecule has 15 heavy (non-hydrogen) atoms. The van der Waals surface area contributed by atoms with Crippen LogP contribution in [0.3, 0.4) is 0 Å². The summed E-state index contributed by atoms with van der Waals surface area (Å²) in [6.07, 6.45) is 1.88. The fraction of sp³-hybridized carbons (Fsp3) is 0.778. The van der Waals surface area contributed by atoms with Crippen LogP contribution >= 0.6 is 17.1 Å². The van der Waals surface area contributed by atoms with E-state index in [0.717, 1.165) is 0 Å². The van der Waals surface area contributed by atoms with Crippen LogP contribution in [0.25, 0.3) is 0 Å². The summed E-state index contributed by atoms with van der Waals surface area (Å²) in [5, 5.41) is 1.47. The smallest absolute Gasteiger partial charge is 0.0566 e. The molecule has 0 aliphatic heterocycles. The predicted molar refractivity (Wildman–Crippen MR) is 68.2 cm³/mol. The summed E-state index contributed by atoms with van der Waals surface area (Å²) in [5.41, 5.74) is -2.80. The molecule has 0 aromatic rings. The SMILES string of the molecule is C=C[CH2][Zn+].CC(C)OP([O-])(=S)SC(C)C. The Bertz CT molecular complexity index is 196. The van der Waals surface area contributed by atoms with Gasteiger partial charge in [0.05, 0.1) is 6.10 Å². The molecule has 0 bridgehead atoms. The molecule has 0 amide bonds. The van der Waals surface area contributed by atoms with Gasteiger partial charge in [0, 0.05) is 10.9 Å². The molecule has 1 atom stereocenters. The molecular weight excluding hydrogens is 301 g/mol. The Morgan fingerprint density at radius 3 is 2.13 bits per heavy atom. The largest absolute Gasteiger partial charge is 0.793 e. The maximum absolute atomic E-state index is 11.4. The second kappa shape index (κ2) is 10.4. The number of rotatable bonds is 5.